The third-order valence-electron chi connectivity index (χ3n) is 3.52. The molecule has 1 aliphatic rings. The van der Waals surface area contributed by atoms with Gasteiger partial charge < -0.3 is 10.4 Å². The van der Waals surface area contributed by atoms with E-state index in [1.165, 1.54) is 0 Å². The lowest BCUT2D eigenvalue weighted by Gasteiger charge is -2.28. The number of nitrogens with zero attached hydrogens (tertiary/aromatic N) is 1. The van der Waals surface area contributed by atoms with E-state index in [0.29, 0.717) is 25.0 Å². The quantitative estimate of drug-likeness (QED) is 0.658. The number of aliphatic hydroxyl groups is 1. The average Bonchev–Trinajstić information content (AvgIpc) is 2.43. The summed E-state index contributed by atoms with van der Waals surface area (Å²) in [6.45, 7) is 0. The SMILES string of the molecule is O=C(N[C@H]1CCCC[C@@H]1O)c1cc(F)c([N+](=O)[O-])cc1F. The van der Waals surface area contributed by atoms with Crippen LogP contribution in [0.2, 0.25) is 0 Å². The number of nitrogens with one attached hydrogen (secondary N) is 1. The molecule has 21 heavy (non-hydrogen) atoms. The molecule has 0 radical (unpaired) electrons. The van der Waals surface area contributed by atoms with E-state index in [0.717, 1.165) is 12.8 Å². The van der Waals surface area contributed by atoms with Crippen molar-refractivity contribution in [2.45, 2.75) is 37.8 Å². The van der Waals surface area contributed by atoms with Gasteiger partial charge in [0.2, 0.25) is 5.82 Å². The maximum atomic E-state index is 13.7. The molecule has 114 valence electrons. The third kappa shape index (κ3) is 3.33. The molecule has 1 aliphatic carbocycles. The van der Waals surface area contributed by atoms with Crippen LogP contribution in [0.15, 0.2) is 12.1 Å². The van der Waals surface area contributed by atoms with Crippen LogP contribution in [0, 0.1) is 21.7 Å². The highest BCUT2D eigenvalue weighted by molar-refractivity contribution is 5.95. The van der Waals surface area contributed by atoms with Crippen LogP contribution < -0.4 is 5.32 Å². The number of amides is 1. The van der Waals surface area contributed by atoms with Crippen LogP contribution in [0.3, 0.4) is 0 Å². The fourth-order valence-corrected chi connectivity index (χ4v) is 2.38. The topological polar surface area (TPSA) is 92.5 Å². The van der Waals surface area contributed by atoms with Crippen LogP contribution in [-0.4, -0.2) is 28.1 Å². The van der Waals surface area contributed by atoms with Gasteiger partial charge in [-0.25, -0.2) is 4.39 Å². The lowest BCUT2D eigenvalue weighted by Crippen LogP contribution is -2.45. The summed E-state index contributed by atoms with van der Waals surface area (Å²) in [4.78, 5) is 21.3. The molecule has 6 nitrogen and oxygen atoms in total. The molecule has 0 unspecified atom stereocenters. The zero-order valence-electron chi connectivity index (χ0n) is 11.0. The Balaban J connectivity index is 2.19. The van der Waals surface area contributed by atoms with E-state index >= 15 is 0 Å². The molecule has 1 amide bonds. The minimum absolute atomic E-state index is 0.377. The summed E-state index contributed by atoms with van der Waals surface area (Å²) in [7, 11) is 0. The Morgan fingerprint density at radius 3 is 2.57 bits per heavy atom. The molecule has 0 aromatic heterocycles. The summed E-state index contributed by atoms with van der Waals surface area (Å²) in [5, 5.41) is 22.7. The van der Waals surface area contributed by atoms with Crippen molar-refractivity contribution in [3.8, 4) is 0 Å². The van der Waals surface area contributed by atoms with E-state index in [2.05, 4.69) is 5.32 Å². The van der Waals surface area contributed by atoms with E-state index in [-0.39, 0.29) is 0 Å². The van der Waals surface area contributed by atoms with Crippen LogP contribution in [0.25, 0.3) is 0 Å². The van der Waals surface area contributed by atoms with Crippen molar-refractivity contribution in [3.05, 3.63) is 39.4 Å². The van der Waals surface area contributed by atoms with Crippen molar-refractivity contribution in [2.24, 2.45) is 0 Å². The van der Waals surface area contributed by atoms with E-state index in [4.69, 9.17) is 0 Å². The number of halogens is 2. The monoisotopic (exact) mass is 300 g/mol. The molecule has 1 fully saturated rings. The molecule has 2 atom stereocenters. The maximum absolute atomic E-state index is 13.7. The molecule has 0 spiro atoms. The number of hydrogen-bond donors (Lipinski definition) is 2. The Morgan fingerprint density at radius 1 is 1.29 bits per heavy atom. The van der Waals surface area contributed by atoms with Crippen LogP contribution in [0.5, 0.6) is 0 Å². The van der Waals surface area contributed by atoms with Gasteiger partial charge in [-0.1, -0.05) is 12.8 Å². The number of nitro benzene ring substituents is 1. The first kappa shape index (κ1) is 15.3. The second-order valence-corrected chi connectivity index (χ2v) is 4.97. The van der Waals surface area contributed by atoms with E-state index in [1.54, 1.807) is 0 Å². The van der Waals surface area contributed by atoms with Crippen LogP contribution in [0.4, 0.5) is 14.5 Å². The fraction of sp³-hybridized carbons (Fsp3) is 0.462. The lowest BCUT2D eigenvalue weighted by atomic mass is 9.92. The first-order valence-electron chi connectivity index (χ1n) is 6.52. The highest BCUT2D eigenvalue weighted by atomic mass is 19.1. The first-order chi connectivity index (χ1) is 9.90. The van der Waals surface area contributed by atoms with Gasteiger partial charge >= 0.3 is 5.69 Å². The van der Waals surface area contributed by atoms with Crippen LogP contribution in [0.1, 0.15) is 36.0 Å². The number of aliphatic hydroxyl groups excluding tert-OH is 1. The Hall–Kier alpha value is -2.09. The molecule has 0 bridgehead atoms. The number of nitro groups is 1. The molecule has 1 aromatic rings. The van der Waals surface area contributed by atoms with Gasteiger partial charge in [-0.3, -0.25) is 14.9 Å². The third-order valence-corrected chi connectivity index (χ3v) is 3.52. The van der Waals surface area contributed by atoms with Gasteiger partial charge in [0, 0.05) is 0 Å². The summed E-state index contributed by atoms with van der Waals surface area (Å²) in [5.74, 6) is -3.35. The molecule has 8 heteroatoms. The summed E-state index contributed by atoms with van der Waals surface area (Å²) < 4.78 is 27.2. The van der Waals surface area contributed by atoms with Crippen molar-refractivity contribution in [2.75, 3.05) is 0 Å². The molecule has 2 N–H and O–H groups in total. The predicted molar refractivity (Wildman–Crippen MR) is 68.7 cm³/mol. The summed E-state index contributed by atoms with van der Waals surface area (Å²) >= 11 is 0. The molecule has 1 saturated carbocycles. The zero-order chi connectivity index (χ0) is 15.6. The largest absolute Gasteiger partial charge is 0.391 e. The maximum Gasteiger partial charge on any atom is 0.307 e. The minimum Gasteiger partial charge on any atom is -0.391 e. The smallest absolute Gasteiger partial charge is 0.307 e. The molecular formula is C13H14F2N2O4. The summed E-state index contributed by atoms with van der Waals surface area (Å²) in [5.41, 5.74) is -1.64. The molecule has 0 saturated heterocycles. The second-order valence-electron chi connectivity index (χ2n) is 4.97. The fourth-order valence-electron chi connectivity index (χ4n) is 2.38. The summed E-state index contributed by atoms with van der Waals surface area (Å²) in [6, 6.07) is 0.350. The van der Waals surface area contributed by atoms with Gasteiger partial charge in [0.25, 0.3) is 5.91 Å². The van der Waals surface area contributed by atoms with E-state index < -0.39 is 45.9 Å². The molecular weight excluding hydrogens is 286 g/mol. The first-order valence-corrected chi connectivity index (χ1v) is 6.52. The predicted octanol–water partition coefficient (Wildman–Crippen LogP) is 1.91. The highest BCUT2D eigenvalue weighted by Crippen LogP contribution is 2.23. The van der Waals surface area contributed by atoms with Crippen molar-refractivity contribution in [1.29, 1.82) is 0 Å². The Bertz CT molecular complexity index is 580. The van der Waals surface area contributed by atoms with Gasteiger partial charge in [-0.2, -0.15) is 4.39 Å². The Kier molecular flexibility index (Phi) is 4.46. The number of carbonyl (C=O) groups is 1. The number of hydrogen-bond acceptors (Lipinski definition) is 4. The number of benzene rings is 1. The van der Waals surface area contributed by atoms with Crippen LogP contribution >= 0.6 is 0 Å². The zero-order valence-corrected chi connectivity index (χ0v) is 11.0. The van der Waals surface area contributed by atoms with Crippen molar-refractivity contribution >= 4 is 11.6 Å². The average molecular weight is 300 g/mol. The van der Waals surface area contributed by atoms with E-state index in [9.17, 15) is 28.8 Å². The van der Waals surface area contributed by atoms with Crippen molar-refractivity contribution in [3.63, 3.8) is 0 Å². The van der Waals surface area contributed by atoms with Gasteiger partial charge in [-0.15, -0.1) is 0 Å². The molecule has 2 rings (SSSR count). The van der Waals surface area contributed by atoms with Crippen molar-refractivity contribution < 1.29 is 23.6 Å². The van der Waals surface area contributed by atoms with Crippen molar-refractivity contribution in [1.82, 2.24) is 5.32 Å². The van der Waals surface area contributed by atoms with Gasteiger partial charge in [0.05, 0.1) is 28.7 Å². The lowest BCUT2D eigenvalue weighted by molar-refractivity contribution is -0.387. The Morgan fingerprint density at radius 2 is 1.95 bits per heavy atom. The number of rotatable bonds is 3. The van der Waals surface area contributed by atoms with Gasteiger partial charge in [-0.05, 0) is 18.9 Å². The Labute approximate surface area is 118 Å². The molecule has 0 aliphatic heterocycles. The molecule has 1 aromatic carbocycles. The van der Waals surface area contributed by atoms with Crippen LogP contribution in [-0.2, 0) is 0 Å². The van der Waals surface area contributed by atoms with E-state index in [1.807, 2.05) is 0 Å². The highest BCUT2D eigenvalue weighted by Gasteiger charge is 2.27. The minimum atomic E-state index is -1.28. The number of carbonyl (C=O) groups excluding carboxylic acids is 1. The summed E-state index contributed by atoms with van der Waals surface area (Å²) in [6.07, 6.45) is 2.01. The normalized spacial score (nSPS) is 21.9. The van der Waals surface area contributed by atoms with Gasteiger partial charge in [0.15, 0.2) is 0 Å². The molecule has 0 heterocycles. The second kappa shape index (κ2) is 6.13. The van der Waals surface area contributed by atoms with Gasteiger partial charge in [0.1, 0.15) is 5.82 Å². The standard InChI is InChI=1S/C13H14F2N2O4/c14-8-6-11(17(20)21)9(15)5-7(8)13(19)16-10-3-1-2-4-12(10)18/h5-6,10,12,18H,1-4H2,(H,16,19)/t10-,12-/m0/s1.